The van der Waals surface area contributed by atoms with Crippen LogP contribution in [0.1, 0.15) is 21.2 Å². The third-order valence-corrected chi connectivity index (χ3v) is 4.84. The molecule has 4 nitrogen and oxygen atoms in total. The van der Waals surface area contributed by atoms with E-state index in [4.69, 9.17) is 0 Å². The number of methoxy groups -OCH3 is 1. The van der Waals surface area contributed by atoms with Crippen LogP contribution in [0.4, 0.5) is 0 Å². The number of carbonyl (C=O) groups excluding carboxylic acids is 3. The molecule has 0 bridgehead atoms. The molecule has 1 fully saturated rings. The van der Waals surface area contributed by atoms with Crippen LogP contribution in [0, 0.1) is 11.8 Å². The standard InChI is InChI=1S/C17H14O4S/c1-21-17(20)16(19)14-12(10-6-3-2-4-7-10)13(14)15(18)11-8-5-9-22-11/h2-9,12-14H,1H3/t12-,13-,14+/m1/s1. The summed E-state index contributed by atoms with van der Waals surface area (Å²) in [6.45, 7) is 0. The van der Waals surface area contributed by atoms with Gasteiger partial charge in [-0.05, 0) is 17.0 Å². The van der Waals surface area contributed by atoms with Gasteiger partial charge < -0.3 is 4.74 Å². The number of rotatable bonds is 5. The molecule has 3 rings (SSSR count). The molecule has 0 spiro atoms. The van der Waals surface area contributed by atoms with Crippen LogP contribution in [0.3, 0.4) is 0 Å². The zero-order chi connectivity index (χ0) is 15.7. The van der Waals surface area contributed by atoms with E-state index in [1.807, 2.05) is 35.7 Å². The van der Waals surface area contributed by atoms with Crippen LogP contribution in [0.15, 0.2) is 47.8 Å². The van der Waals surface area contributed by atoms with Gasteiger partial charge in [0.15, 0.2) is 5.78 Å². The molecule has 0 N–H and O–H groups in total. The van der Waals surface area contributed by atoms with E-state index < -0.39 is 23.6 Å². The molecule has 22 heavy (non-hydrogen) atoms. The predicted molar refractivity (Wildman–Crippen MR) is 81.8 cm³/mol. The molecule has 1 aliphatic carbocycles. The fraction of sp³-hybridized carbons (Fsp3) is 0.235. The molecule has 1 saturated carbocycles. The minimum Gasteiger partial charge on any atom is -0.463 e. The molecule has 0 aliphatic heterocycles. The topological polar surface area (TPSA) is 60.4 Å². The van der Waals surface area contributed by atoms with Crippen molar-refractivity contribution in [2.75, 3.05) is 7.11 Å². The van der Waals surface area contributed by atoms with Crippen LogP contribution in [0.25, 0.3) is 0 Å². The summed E-state index contributed by atoms with van der Waals surface area (Å²) in [5.74, 6) is -2.93. The lowest BCUT2D eigenvalue weighted by Gasteiger charge is -1.98. The van der Waals surface area contributed by atoms with Gasteiger partial charge in [-0.2, -0.15) is 0 Å². The average Bonchev–Trinajstić information content (AvgIpc) is 3.06. The first-order chi connectivity index (χ1) is 10.6. The normalized spacial score (nSPS) is 22.9. The lowest BCUT2D eigenvalue weighted by molar-refractivity contribution is -0.152. The molecule has 1 aromatic heterocycles. The number of hydrogen-bond acceptors (Lipinski definition) is 5. The van der Waals surface area contributed by atoms with Crippen LogP contribution in [0.2, 0.25) is 0 Å². The summed E-state index contributed by atoms with van der Waals surface area (Å²) in [6, 6.07) is 12.9. The number of esters is 1. The number of hydrogen-bond donors (Lipinski definition) is 0. The highest BCUT2D eigenvalue weighted by Crippen LogP contribution is 2.56. The first-order valence-electron chi connectivity index (χ1n) is 6.90. The van der Waals surface area contributed by atoms with Gasteiger partial charge in [-0.1, -0.05) is 36.4 Å². The van der Waals surface area contributed by atoms with Gasteiger partial charge in [-0.15, -0.1) is 11.3 Å². The van der Waals surface area contributed by atoms with Gasteiger partial charge >= 0.3 is 5.97 Å². The second-order valence-corrected chi connectivity index (χ2v) is 6.13. The molecule has 112 valence electrons. The van der Waals surface area contributed by atoms with E-state index in [0.29, 0.717) is 4.88 Å². The maximum atomic E-state index is 12.6. The molecule has 0 unspecified atom stereocenters. The highest BCUT2D eigenvalue weighted by molar-refractivity contribution is 7.12. The Morgan fingerprint density at radius 1 is 1.00 bits per heavy atom. The second kappa shape index (κ2) is 5.85. The van der Waals surface area contributed by atoms with Crippen LogP contribution < -0.4 is 0 Å². The summed E-state index contributed by atoms with van der Waals surface area (Å²) in [5, 5.41) is 1.82. The Labute approximate surface area is 131 Å². The zero-order valence-corrected chi connectivity index (χ0v) is 12.7. The molecule has 2 aromatic rings. The molecule has 1 heterocycles. The zero-order valence-electron chi connectivity index (χ0n) is 11.9. The monoisotopic (exact) mass is 314 g/mol. The smallest absolute Gasteiger partial charge is 0.374 e. The van der Waals surface area contributed by atoms with E-state index in [0.717, 1.165) is 5.56 Å². The summed E-state index contributed by atoms with van der Waals surface area (Å²) in [6.07, 6.45) is 0. The highest BCUT2D eigenvalue weighted by Gasteiger charge is 2.60. The first kappa shape index (κ1) is 14.7. The van der Waals surface area contributed by atoms with Crippen molar-refractivity contribution < 1.29 is 19.1 Å². The van der Waals surface area contributed by atoms with E-state index >= 15 is 0 Å². The van der Waals surface area contributed by atoms with Crippen molar-refractivity contribution in [3.05, 3.63) is 58.3 Å². The summed E-state index contributed by atoms with van der Waals surface area (Å²) >= 11 is 1.35. The second-order valence-electron chi connectivity index (χ2n) is 5.19. The molecule has 0 amide bonds. The summed E-state index contributed by atoms with van der Waals surface area (Å²) < 4.78 is 4.52. The molecule has 1 aliphatic rings. The third-order valence-electron chi connectivity index (χ3n) is 3.96. The van der Waals surface area contributed by atoms with Crippen molar-refractivity contribution in [3.63, 3.8) is 0 Å². The Morgan fingerprint density at radius 2 is 1.73 bits per heavy atom. The average molecular weight is 314 g/mol. The van der Waals surface area contributed by atoms with Gasteiger partial charge in [-0.25, -0.2) is 4.79 Å². The molecule has 0 radical (unpaired) electrons. The van der Waals surface area contributed by atoms with Crippen molar-refractivity contribution in [3.8, 4) is 0 Å². The SMILES string of the molecule is COC(=O)C(=O)[C@@H]1[C@H](C(=O)c2cccs2)[C@H]1c1ccccc1. The van der Waals surface area contributed by atoms with E-state index in [1.54, 1.807) is 12.1 Å². The summed E-state index contributed by atoms with van der Waals surface area (Å²) in [4.78, 5) is 36.9. The minimum atomic E-state index is -0.882. The van der Waals surface area contributed by atoms with Crippen LogP contribution in [0.5, 0.6) is 0 Å². The molecule has 1 aromatic carbocycles. The van der Waals surface area contributed by atoms with Crippen LogP contribution >= 0.6 is 11.3 Å². The van der Waals surface area contributed by atoms with Crippen molar-refractivity contribution in [1.82, 2.24) is 0 Å². The Bertz CT molecular complexity index is 706. The lowest BCUT2D eigenvalue weighted by Crippen LogP contribution is -2.19. The van der Waals surface area contributed by atoms with Gasteiger partial charge in [0.05, 0.1) is 12.0 Å². The Balaban J connectivity index is 1.91. The fourth-order valence-electron chi connectivity index (χ4n) is 2.87. The fourth-order valence-corrected chi connectivity index (χ4v) is 3.59. The maximum absolute atomic E-state index is 12.6. The Kier molecular flexibility index (Phi) is 3.90. The summed E-state index contributed by atoms with van der Waals surface area (Å²) in [7, 11) is 1.18. The maximum Gasteiger partial charge on any atom is 0.374 e. The first-order valence-corrected chi connectivity index (χ1v) is 7.78. The van der Waals surface area contributed by atoms with Crippen molar-refractivity contribution in [2.24, 2.45) is 11.8 Å². The lowest BCUT2D eigenvalue weighted by atomic mass is 10.1. The van der Waals surface area contributed by atoms with E-state index in [9.17, 15) is 14.4 Å². The number of ether oxygens (including phenoxy) is 1. The van der Waals surface area contributed by atoms with Crippen LogP contribution in [-0.4, -0.2) is 24.6 Å². The molecule has 3 atom stereocenters. The summed E-state index contributed by atoms with van der Waals surface area (Å²) in [5.41, 5.74) is 0.902. The molecular formula is C17H14O4S. The van der Waals surface area contributed by atoms with Gasteiger partial charge in [0.1, 0.15) is 0 Å². The molecule has 0 saturated heterocycles. The van der Waals surface area contributed by atoms with E-state index in [1.165, 1.54) is 18.4 Å². The van der Waals surface area contributed by atoms with Gasteiger partial charge in [0.25, 0.3) is 0 Å². The van der Waals surface area contributed by atoms with Gasteiger partial charge in [-0.3, -0.25) is 9.59 Å². The van der Waals surface area contributed by atoms with E-state index in [-0.39, 0.29) is 11.7 Å². The predicted octanol–water partition coefficient (Wildman–Crippen LogP) is 2.70. The molecule has 5 heteroatoms. The number of Topliss-reactive ketones (excluding diaryl/α,β-unsaturated/α-hetero) is 2. The van der Waals surface area contributed by atoms with Crippen LogP contribution in [-0.2, 0) is 14.3 Å². The van der Waals surface area contributed by atoms with Crippen molar-refractivity contribution in [2.45, 2.75) is 5.92 Å². The molecular weight excluding hydrogens is 300 g/mol. The van der Waals surface area contributed by atoms with Crippen molar-refractivity contribution in [1.29, 1.82) is 0 Å². The van der Waals surface area contributed by atoms with Gasteiger partial charge in [0, 0.05) is 17.8 Å². The Hall–Kier alpha value is -2.27. The highest BCUT2D eigenvalue weighted by atomic mass is 32.1. The van der Waals surface area contributed by atoms with Gasteiger partial charge in [0.2, 0.25) is 5.78 Å². The van der Waals surface area contributed by atoms with Crippen molar-refractivity contribution >= 4 is 28.9 Å². The number of carbonyl (C=O) groups is 3. The van der Waals surface area contributed by atoms with E-state index in [2.05, 4.69) is 4.74 Å². The Morgan fingerprint density at radius 3 is 2.32 bits per heavy atom. The third kappa shape index (κ3) is 2.48. The number of benzene rings is 1. The largest absolute Gasteiger partial charge is 0.463 e. The minimum absolute atomic E-state index is 0.0777. The number of thiophene rings is 1. The number of ketones is 2. The quantitative estimate of drug-likeness (QED) is 0.484.